The van der Waals surface area contributed by atoms with E-state index in [1.54, 1.807) is 23.5 Å². The van der Waals surface area contributed by atoms with Gasteiger partial charge in [0.25, 0.3) is 5.91 Å². The molecule has 7 heteroatoms. The maximum absolute atomic E-state index is 12.0. The highest BCUT2D eigenvalue weighted by atomic mass is 35.5. The molecule has 1 aliphatic rings. The number of quaternary nitrogens is 2. The summed E-state index contributed by atoms with van der Waals surface area (Å²) in [6.07, 6.45) is 5.02. The molecule has 136 valence electrons. The maximum atomic E-state index is 12.0. The molecule has 1 fully saturated rings. The molecule has 1 aromatic heterocycles. The van der Waals surface area contributed by atoms with E-state index in [0.29, 0.717) is 6.54 Å². The molecule has 0 atom stereocenters. The molecule has 3 rings (SSSR count). The summed E-state index contributed by atoms with van der Waals surface area (Å²) in [5, 5.41) is 4.78. The van der Waals surface area contributed by atoms with Gasteiger partial charge < -0.3 is 9.80 Å². The zero-order valence-corrected chi connectivity index (χ0v) is 15.4. The number of hydrazone groups is 1. The van der Waals surface area contributed by atoms with Gasteiger partial charge in [-0.3, -0.25) is 9.78 Å². The van der Waals surface area contributed by atoms with Gasteiger partial charge in [-0.05, 0) is 29.8 Å². The molecular formula is C19H24ClN5O+2. The molecule has 2 aromatic rings. The summed E-state index contributed by atoms with van der Waals surface area (Å²) in [4.78, 5) is 18.8. The van der Waals surface area contributed by atoms with Crippen molar-refractivity contribution in [2.75, 3.05) is 32.7 Å². The van der Waals surface area contributed by atoms with Crippen LogP contribution in [0.1, 0.15) is 11.1 Å². The predicted octanol–water partition coefficient (Wildman–Crippen LogP) is -0.831. The summed E-state index contributed by atoms with van der Waals surface area (Å²) < 4.78 is 0. The summed E-state index contributed by atoms with van der Waals surface area (Å²) in [6, 6.07) is 11.7. The van der Waals surface area contributed by atoms with Crippen LogP contribution in [0.25, 0.3) is 0 Å². The summed E-state index contributed by atoms with van der Waals surface area (Å²) in [6.45, 7) is 5.57. The maximum Gasteiger partial charge on any atom is 0.295 e. The van der Waals surface area contributed by atoms with Crippen molar-refractivity contribution < 1.29 is 14.6 Å². The number of nitrogens with one attached hydrogen (secondary N) is 3. The van der Waals surface area contributed by atoms with E-state index >= 15 is 0 Å². The summed E-state index contributed by atoms with van der Waals surface area (Å²) >= 11 is 5.93. The molecule has 1 aromatic carbocycles. The molecule has 1 saturated heterocycles. The molecule has 1 aliphatic heterocycles. The Labute approximate surface area is 158 Å². The van der Waals surface area contributed by atoms with Crippen LogP contribution in [0.2, 0.25) is 5.02 Å². The Kier molecular flexibility index (Phi) is 6.71. The van der Waals surface area contributed by atoms with Crippen LogP contribution >= 0.6 is 11.6 Å². The molecule has 26 heavy (non-hydrogen) atoms. The Bertz CT molecular complexity index is 727. The van der Waals surface area contributed by atoms with Gasteiger partial charge in [0, 0.05) is 23.0 Å². The molecule has 0 spiro atoms. The second-order valence-electron chi connectivity index (χ2n) is 6.55. The van der Waals surface area contributed by atoms with Gasteiger partial charge >= 0.3 is 0 Å². The van der Waals surface area contributed by atoms with Crippen LogP contribution in [0, 0.1) is 0 Å². The first-order valence-corrected chi connectivity index (χ1v) is 9.20. The SMILES string of the molecule is O=C(C[NH+]1CC[NH+](Cc2ccc(Cl)cc2)CC1)N/N=C\c1ccncc1. The lowest BCUT2D eigenvalue weighted by molar-refractivity contribution is -1.02. The van der Waals surface area contributed by atoms with Gasteiger partial charge in [0.15, 0.2) is 6.54 Å². The number of nitrogens with zero attached hydrogens (tertiary/aromatic N) is 2. The van der Waals surface area contributed by atoms with Crippen molar-refractivity contribution >= 4 is 23.7 Å². The number of carbonyl (C=O) groups excluding carboxylic acids is 1. The lowest BCUT2D eigenvalue weighted by Crippen LogP contribution is -3.28. The zero-order valence-electron chi connectivity index (χ0n) is 14.6. The molecule has 0 bridgehead atoms. The Balaban J connectivity index is 1.37. The smallest absolute Gasteiger partial charge is 0.295 e. The first-order chi connectivity index (χ1) is 12.7. The second-order valence-corrected chi connectivity index (χ2v) is 6.99. The van der Waals surface area contributed by atoms with Gasteiger partial charge in [0.05, 0.1) is 6.21 Å². The monoisotopic (exact) mass is 373 g/mol. The van der Waals surface area contributed by atoms with E-state index in [2.05, 4.69) is 27.6 Å². The van der Waals surface area contributed by atoms with E-state index < -0.39 is 0 Å². The minimum Gasteiger partial charge on any atom is -0.322 e. The van der Waals surface area contributed by atoms with Crippen molar-refractivity contribution in [2.45, 2.75) is 6.54 Å². The van der Waals surface area contributed by atoms with E-state index in [9.17, 15) is 4.79 Å². The topological polar surface area (TPSA) is 63.2 Å². The first kappa shape index (κ1) is 18.5. The third-order valence-corrected chi connectivity index (χ3v) is 4.80. The minimum atomic E-state index is -0.0496. The molecule has 0 unspecified atom stereocenters. The molecule has 0 radical (unpaired) electrons. The van der Waals surface area contributed by atoms with Crippen molar-refractivity contribution in [1.82, 2.24) is 10.4 Å². The van der Waals surface area contributed by atoms with Crippen LogP contribution in [-0.4, -0.2) is 49.8 Å². The average molecular weight is 374 g/mol. The Hall–Kier alpha value is -2.28. The fraction of sp³-hybridized carbons (Fsp3) is 0.316. The van der Waals surface area contributed by atoms with E-state index in [1.807, 2.05) is 24.3 Å². The third-order valence-electron chi connectivity index (χ3n) is 4.55. The lowest BCUT2D eigenvalue weighted by Gasteiger charge is -2.29. The summed E-state index contributed by atoms with van der Waals surface area (Å²) in [5.41, 5.74) is 4.82. The number of piperazine rings is 1. The van der Waals surface area contributed by atoms with E-state index in [-0.39, 0.29) is 5.91 Å². The van der Waals surface area contributed by atoms with Crippen LogP contribution in [-0.2, 0) is 11.3 Å². The van der Waals surface area contributed by atoms with Crippen LogP contribution in [0.3, 0.4) is 0 Å². The van der Waals surface area contributed by atoms with Gasteiger partial charge in [-0.25, -0.2) is 5.43 Å². The van der Waals surface area contributed by atoms with Crippen molar-refractivity contribution in [3.63, 3.8) is 0 Å². The molecule has 6 nitrogen and oxygen atoms in total. The first-order valence-electron chi connectivity index (χ1n) is 8.82. The second kappa shape index (κ2) is 9.43. The normalized spacial score (nSPS) is 20.2. The molecule has 0 aliphatic carbocycles. The number of hydrogen-bond acceptors (Lipinski definition) is 3. The van der Waals surface area contributed by atoms with Gasteiger partial charge in [-0.15, -0.1) is 0 Å². The number of rotatable bonds is 6. The molecule has 3 N–H and O–H groups in total. The number of halogens is 1. The highest BCUT2D eigenvalue weighted by Crippen LogP contribution is 2.08. The van der Waals surface area contributed by atoms with E-state index in [0.717, 1.165) is 43.3 Å². The fourth-order valence-corrected chi connectivity index (χ4v) is 3.22. The quantitative estimate of drug-likeness (QED) is 0.457. The van der Waals surface area contributed by atoms with E-state index in [4.69, 9.17) is 11.6 Å². The van der Waals surface area contributed by atoms with Crippen LogP contribution in [0.15, 0.2) is 53.9 Å². The van der Waals surface area contributed by atoms with Crippen molar-refractivity contribution in [3.8, 4) is 0 Å². The number of carbonyl (C=O) groups is 1. The number of aromatic nitrogens is 1. The van der Waals surface area contributed by atoms with Crippen molar-refractivity contribution in [1.29, 1.82) is 0 Å². The number of pyridine rings is 1. The van der Waals surface area contributed by atoms with Gasteiger partial charge in [0.2, 0.25) is 0 Å². The number of amides is 1. The number of benzene rings is 1. The average Bonchev–Trinajstić information content (AvgIpc) is 2.66. The molecule has 1 amide bonds. The number of hydrogen-bond donors (Lipinski definition) is 3. The minimum absolute atomic E-state index is 0.0496. The molecule has 0 saturated carbocycles. The highest BCUT2D eigenvalue weighted by Gasteiger charge is 2.24. The van der Waals surface area contributed by atoms with Crippen LogP contribution < -0.4 is 15.2 Å². The van der Waals surface area contributed by atoms with E-state index in [1.165, 1.54) is 10.5 Å². The summed E-state index contributed by atoms with van der Waals surface area (Å²) in [5.74, 6) is -0.0496. The lowest BCUT2D eigenvalue weighted by atomic mass is 10.2. The van der Waals surface area contributed by atoms with Crippen LogP contribution in [0.5, 0.6) is 0 Å². The third kappa shape index (κ3) is 5.91. The Morgan fingerprint density at radius 1 is 1.08 bits per heavy atom. The predicted molar refractivity (Wildman–Crippen MR) is 101 cm³/mol. The van der Waals surface area contributed by atoms with Crippen molar-refractivity contribution in [2.24, 2.45) is 5.10 Å². The Morgan fingerprint density at radius 2 is 1.73 bits per heavy atom. The largest absolute Gasteiger partial charge is 0.322 e. The van der Waals surface area contributed by atoms with Crippen LogP contribution in [0.4, 0.5) is 0 Å². The van der Waals surface area contributed by atoms with Crippen molar-refractivity contribution in [3.05, 3.63) is 64.9 Å². The van der Waals surface area contributed by atoms with Gasteiger partial charge in [-0.1, -0.05) is 23.7 Å². The summed E-state index contributed by atoms with van der Waals surface area (Å²) in [7, 11) is 0. The fourth-order valence-electron chi connectivity index (χ4n) is 3.10. The zero-order chi connectivity index (χ0) is 18.2. The van der Waals surface area contributed by atoms with Gasteiger partial charge in [0.1, 0.15) is 32.7 Å². The molecule has 2 heterocycles. The Morgan fingerprint density at radius 3 is 2.42 bits per heavy atom. The van der Waals surface area contributed by atoms with Gasteiger partial charge in [-0.2, -0.15) is 5.10 Å². The highest BCUT2D eigenvalue weighted by molar-refractivity contribution is 6.30. The molecular weight excluding hydrogens is 350 g/mol. The standard InChI is InChI=1S/C19H22ClN5O/c20-18-3-1-17(2-4-18)14-24-9-11-25(12-10-24)15-19(26)23-22-13-16-5-7-21-8-6-16/h1-8,13H,9-12,14-15H2,(H,23,26)/p+2/b22-13-.